The van der Waals surface area contributed by atoms with Crippen molar-refractivity contribution in [1.82, 2.24) is 10.2 Å². The van der Waals surface area contributed by atoms with Gasteiger partial charge in [0.1, 0.15) is 0 Å². The van der Waals surface area contributed by atoms with Gasteiger partial charge in [-0.3, -0.25) is 4.90 Å². The van der Waals surface area contributed by atoms with E-state index in [4.69, 9.17) is 4.74 Å². The standard InChI is InChI=1S/C18H30N2O/c1-4-19-13-17-7-5-6-12-20(2)18(17)16-10-8-15(9-11-16)14-21-3/h8-11,17-19H,4-7,12-14H2,1-3H3. The molecule has 2 unspecified atom stereocenters. The fourth-order valence-corrected chi connectivity index (χ4v) is 3.47. The number of likely N-dealkylation sites (tertiary alicyclic amines) is 1. The smallest absolute Gasteiger partial charge is 0.0713 e. The molecule has 1 aromatic rings. The van der Waals surface area contributed by atoms with E-state index in [9.17, 15) is 0 Å². The van der Waals surface area contributed by atoms with Gasteiger partial charge in [-0.2, -0.15) is 0 Å². The number of hydrogen-bond acceptors (Lipinski definition) is 3. The van der Waals surface area contributed by atoms with Crippen molar-refractivity contribution in [2.45, 2.75) is 38.8 Å². The molecule has 2 atom stereocenters. The fourth-order valence-electron chi connectivity index (χ4n) is 3.47. The van der Waals surface area contributed by atoms with E-state index >= 15 is 0 Å². The predicted octanol–water partition coefficient (Wildman–Crippen LogP) is 3.22. The molecule has 0 spiro atoms. The van der Waals surface area contributed by atoms with E-state index in [1.165, 1.54) is 36.9 Å². The van der Waals surface area contributed by atoms with Gasteiger partial charge in [0.05, 0.1) is 6.61 Å². The summed E-state index contributed by atoms with van der Waals surface area (Å²) >= 11 is 0. The average molecular weight is 290 g/mol. The first kappa shape index (κ1) is 16.5. The molecule has 3 heteroatoms. The maximum Gasteiger partial charge on any atom is 0.0713 e. The number of ether oxygens (including phenoxy) is 1. The Balaban J connectivity index is 2.16. The van der Waals surface area contributed by atoms with Crippen molar-refractivity contribution in [2.75, 3.05) is 33.8 Å². The summed E-state index contributed by atoms with van der Waals surface area (Å²) in [5, 5.41) is 3.55. The number of nitrogens with zero attached hydrogens (tertiary/aromatic N) is 1. The summed E-state index contributed by atoms with van der Waals surface area (Å²) < 4.78 is 5.21. The summed E-state index contributed by atoms with van der Waals surface area (Å²) in [6.07, 6.45) is 3.98. The van der Waals surface area contributed by atoms with E-state index < -0.39 is 0 Å². The maximum atomic E-state index is 5.21. The maximum absolute atomic E-state index is 5.21. The van der Waals surface area contributed by atoms with Crippen molar-refractivity contribution in [3.05, 3.63) is 35.4 Å². The Morgan fingerprint density at radius 3 is 2.67 bits per heavy atom. The first-order valence-corrected chi connectivity index (χ1v) is 8.25. The Hall–Kier alpha value is -0.900. The molecule has 0 aromatic heterocycles. The molecule has 0 saturated carbocycles. The van der Waals surface area contributed by atoms with Crippen LogP contribution in [0.4, 0.5) is 0 Å². The zero-order chi connectivity index (χ0) is 15.1. The monoisotopic (exact) mass is 290 g/mol. The van der Waals surface area contributed by atoms with E-state index in [1.54, 1.807) is 7.11 Å². The first-order valence-electron chi connectivity index (χ1n) is 8.25. The highest BCUT2D eigenvalue weighted by Crippen LogP contribution is 2.34. The summed E-state index contributed by atoms with van der Waals surface area (Å²) in [6, 6.07) is 9.53. The van der Waals surface area contributed by atoms with Gasteiger partial charge in [-0.05, 0) is 56.6 Å². The third kappa shape index (κ3) is 4.53. The van der Waals surface area contributed by atoms with Crippen LogP contribution in [0.25, 0.3) is 0 Å². The summed E-state index contributed by atoms with van der Waals surface area (Å²) in [6.45, 7) is 6.26. The van der Waals surface area contributed by atoms with Crippen molar-refractivity contribution >= 4 is 0 Å². The van der Waals surface area contributed by atoms with Crippen LogP contribution in [0.1, 0.15) is 43.4 Å². The lowest BCUT2D eigenvalue weighted by Gasteiger charge is -2.33. The molecule has 0 bridgehead atoms. The molecular weight excluding hydrogens is 260 g/mol. The third-order valence-electron chi connectivity index (χ3n) is 4.55. The molecular formula is C18H30N2O. The molecule has 1 heterocycles. The van der Waals surface area contributed by atoms with Gasteiger partial charge in [-0.25, -0.2) is 0 Å². The van der Waals surface area contributed by atoms with Crippen LogP contribution < -0.4 is 5.32 Å². The van der Waals surface area contributed by atoms with E-state index in [2.05, 4.69) is 48.5 Å². The van der Waals surface area contributed by atoms with Crippen LogP contribution in [0.15, 0.2) is 24.3 Å². The molecule has 1 saturated heterocycles. The Kier molecular flexibility index (Phi) is 6.68. The van der Waals surface area contributed by atoms with Crippen molar-refractivity contribution in [2.24, 2.45) is 5.92 Å². The van der Waals surface area contributed by atoms with Crippen LogP contribution in [0.2, 0.25) is 0 Å². The van der Waals surface area contributed by atoms with E-state index in [0.717, 1.165) is 13.1 Å². The summed E-state index contributed by atoms with van der Waals surface area (Å²) in [5.41, 5.74) is 2.70. The van der Waals surface area contributed by atoms with E-state index in [-0.39, 0.29) is 0 Å². The van der Waals surface area contributed by atoms with E-state index in [0.29, 0.717) is 18.6 Å². The van der Waals surface area contributed by atoms with Gasteiger partial charge in [0.2, 0.25) is 0 Å². The lowest BCUT2D eigenvalue weighted by molar-refractivity contribution is 0.183. The summed E-state index contributed by atoms with van der Waals surface area (Å²) in [7, 11) is 4.03. The number of hydrogen-bond donors (Lipinski definition) is 1. The predicted molar refractivity (Wildman–Crippen MR) is 88.4 cm³/mol. The number of methoxy groups -OCH3 is 1. The molecule has 1 N–H and O–H groups in total. The second-order valence-electron chi connectivity index (χ2n) is 6.16. The van der Waals surface area contributed by atoms with Gasteiger partial charge in [-0.15, -0.1) is 0 Å². The van der Waals surface area contributed by atoms with Crippen molar-refractivity contribution in [3.63, 3.8) is 0 Å². The first-order chi connectivity index (χ1) is 10.3. The molecule has 2 rings (SSSR count). The minimum Gasteiger partial charge on any atom is -0.380 e. The number of nitrogens with one attached hydrogen (secondary N) is 1. The van der Waals surface area contributed by atoms with Gasteiger partial charge in [-0.1, -0.05) is 37.6 Å². The molecule has 1 aliphatic heterocycles. The summed E-state index contributed by atoms with van der Waals surface area (Å²) in [5.74, 6) is 0.700. The van der Waals surface area contributed by atoms with Crippen LogP contribution in [-0.2, 0) is 11.3 Å². The second kappa shape index (κ2) is 8.52. The molecule has 0 aliphatic carbocycles. The zero-order valence-electron chi connectivity index (χ0n) is 13.8. The van der Waals surface area contributed by atoms with Crippen LogP contribution in [0, 0.1) is 5.92 Å². The third-order valence-corrected chi connectivity index (χ3v) is 4.55. The Bertz CT molecular complexity index is 404. The Morgan fingerprint density at radius 1 is 1.24 bits per heavy atom. The Morgan fingerprint density at radius 2 is 2.00 bits per heavy atom. The van der Waals surface area contributed by atoms with Crippen LogP contribution >= 0.6 is 0 Å². The minimum absolute atomic E-state index is 0.531. The van der Waals surface area contributed by atoms with Crippen molar-refractivity contribution < 1.29 is 4.74 Å². The molecule has 21 heavy (non-hydrogen) atoms. The Labute approximate surface area is 129 Å². The quantitative estimate of drug-likeness (QED) is 0.870. The lowest BCUT2D eigenvalue weighted by atomic mass is 9.89. The molecule has 3 nitrogen and oxygen atoms in total. The highest BCUT2D eigenvalue weighted by atomic mass is 16.5. The van der Waals surface area contributed by atoms with E-state index in [1.807, 2.05) is 0 Å². The highest BCUT2D eigenvalue weighted by Gasteiger charge is 2.28. The lowest BCUT2D eigenvalue weighted by Crippen LogP contribution is -2.34. The SMILES string of the molecule is CCNCC1CCCCN(C)C1c1ccc(COC)cc1. The average Bonchev–Trinajstić information content (AvgIpc) is 2.68. The minimum atomic E-state index is 0.531. The molecule has 1 aliphatic rings. The second-order valence-corrected chi connectivity index (χ2v) is 6.16. The van der Waals surface area contributed by atoms with Gasteiger partial charge in [0, 0.05) is 13.2 Å². The molecule has 1 aromatic carbocycles. The zero-order valence-corrected chi connectivity index (χ0v) is 13.8. The van der Waals surface area contributed by atoms with Crippen molar-refractivity contribution in [1.29, 1.82) is 0 Å². The highest BCUT2D eigenvalue weighted by molar-refractivity contribution is 5.25. The topological polar surface area (TPSA) is 24.5 Å². The number of rotatable bonds is 6. The van der Waals surface area contributed by atoms with Crippen LogP contribution in [0.3, 0.4) is 0 Å². The van der Waals surface area contributed by atoms with Gasteiger partial charge in [0.25, 0.3) is 0 Å². The van der Waals surface area contributed by atoms with Gasteiger partial charge < -0.3 is 10.1 Å². The molecule has 0 amide bonds. The molecule has 1 fully saturated rings. The normalized spacial score (nSPS) is 24.0. The molecule has 118 valence electrons. The van der Waals surface area contributed by atoms with Crippen LogP contribution in [-0.4, -0.2) is 38.7 Å². The van der Waals surface area contributed by atoms with Gasteiger partial charge in [0.15, 0.2) is 0 Å². The fraction of sp³-hybridized carbons (Fsp3) is 0.667. The largest absolute Gasteiger partial charge is 0.380 e. The van der Waals surface area contributed by atoms with Gasteiger partial charge >= 0.3 is 0 Å². The number of benzene rings is 1. The van der Waals surface area contributed by atoms with Crippen molar-refractivity contribution in [3.8, 4) is 0 Å². The summed E-state index contributed by atoms with van der Waals surface area (Å²) in [4.78, 5) is 2.54. The molecule has 0 radical (unpaired) electrons. The van der Waals surface area contributed by atoms with Crippen LogP contribution in [0.5, 0.6) is 0 Å².